The maximum Gasteiger partial charge on any atom is 0.192 e. The Morgan fingerprint density at radius 3 is 1.09 bits per heavy atom. The smallest absolute Gasteiger partial charge is 0.192 e. The van der Waals surface area contributed by atoms with E-state index < -0.39 is 41.1 Å². The molecule has 2 aliphatic carbocycles. The molecule has 0 aromatic heterocycles. The van der Waals surface area contributed by atoms with Gasteiger partial charge >= 0.3 is 0 Å². The average Bonchev–Trinajstić information content (AvgIpc) is 2.61. The molecule has 0 radical (unpaired) electrons. The second kappa shape index (κ2) is 11.3. The van der Waals surface area contributed by atoms with Crippen molar-refractivity contribution in [2.24, 2.45) is 0 Å². The highest BCUT2D eigenvalue weighted by Gasteiger charge is 2.43. The van der Waals surface area contributed by atoms with Crippen molar-refractivity contribution in [3.63, 3.8) is 0 Å². The van der Waals surface area contributed by atoms with Gasteiger partial charge in [-0.3, -0.25) is 0 Å². The van der Waals surface area contributed by atoms with Gasteiger partial charge in [0.1, 0.15) is 12.2 Å². The third-order valence-electron chi connectivity index (χ3n) is 8.03. The van der Waals surface area contributed by atoms with Crippen LogP contribution in [0.5, 0.6) is 0 Å². The molecular formula is C24H52O6Si2. The van der Waals surface area contributed by atoms with Gasteiger partial charge in [0.2, 0.25) is 0 Å². The van der Waals surface area contributed by atoms with E-state index in [0.717, 1.165) is 25.7 Å². The van der Waals surface area contributed by atoms with Crippen molar-refractivity contribution in [3.8, 4) is 0 Å². The van der Waals surface area contributed by atoms with Gasteiger partial charge in [-0.05, 0) is 74.8 Å². The van der Waals surface area contributed by atoms with Crippen LogP contribution in [0.4, 0.5) is 0 Å². The summed E-state index contributed by atoms with van der Waals surface area (Å²) in [5, 5.41) is 39.4. The number of aliphatic hydroxyl groups is 4. The molecule has 192 valence electrons. The lowest BCUT2D eigenvalue weighted by molar-refractivity contribution is -0.0789. The van der Waals surface area contributed by atoms with Gasteiger partial charge in [-0.25, -0.2) is 0 Å². The predicted molar refractivity (Wildman–Crippen MR) is 136 cm³/mol. The molecule has 8 heteroatoms. The Hall–Kier alpha value is 0.194. The van der Waals surface area contributed by atoms with E-state index in [1.807, 2.05) is 0 Å². The fourth-order valence-corrected chi connectivity index (χ4v) is 6.34. The number of hydrogen-bond acceptors (Lipinski definition) is 6. The monoisotopic (exact) mass is 492 g/mol. The zero-order valence-electron chi connectivity index (χ0n) is 22.3. The largest absolute Gasteiger partial charge is 0.411 e. The summed E-state index contributed by atoms with van der Waals surface area (Å²) in [5.41, 5.74) is 0. The lowest BCUT2D eigenvalue weighted by Crippen LogP contribution is -2.51. The molecule has 0 unspecified atom stereocenters. The summed E-state index contributed by atoms with van der Waals surface area (Å²) in [7, 11) is -3.67. The van der Waals surface area contributed by atoms with E-state index in [-0.39, 0.29) is 22.3 Å². The van der Waals surface area contributed by atoms with Gasteiger partial charge in [-0.2, -0.15) is 0 Å². The van der Waals surface area contributed by atoms with Gasteiger partial charge in [-0.1, -0.05) is 41.5 Å². The van der Waals surface area contributed by atoms with Crippen molar-refractivity contribution in [2.75, 3.05) is 0 Å². The lowest BCUT2D eigenvalue weighted by Gasteiger charge is -2.42. The molecule has 2 rings (SSSR count). The van der Waals surface area contributed by atoms with Crippen molar-refractivity contribution in [1.29, 1.82) is 0 Å². The summed E-state index contributed by atoms with van der Waals surface area (Å²) in [6.07, 6.45) is 2.02. The van der Waals surface area contributed by atoms with Crippen molar-refractivity contribution in [3.05, 3.63) is 0 Å². The first-order valence-corrected chi connectivity index (χ1v) is 18.2. The molecule has 2 fully saturated rings. The summed E-state index contributed by atoms with van der Waals surface area (Å²) < 4.78 is 12.3. The molecule has 6 nitrogen and oxygen atoms in total. The van der Waals surface area contributed by atoms with Crippen LogP contribution in [0.25, 0.3) is 0 Å². The zero-order chi connectivity index (χ0) is 25.1. The fourth-order valence-electron chi connectivity index (χ4n) is 3.60. The molecule has 0 spiro atoms. The molecule has 6 atom stereocenters. The van der Waals surface area contributed by atoms with E-state index in [1.165, 1.54) is 0 Å². The highest BCUT2D eigenvalue weighted by Crippen LogP contribution is 2.40. The van der Waals surface area contributed by atoms with Crippen LogP contribution < -0.4 is 0 Å². The first-order valence-electron chi connectivity index (χ1n) is 12.4. The maximum absolute atomic E-state index is 9.91. The van der Waals surface area contributed by atoms with Crippen LogP contribution in [0.1, 0.15) is 80.1 Å². The van der Waals surface area contributed by atoms with E-state index in [1.54, 1.807) is 0 Å². The molecule has 0 heterocycles. The third kappa shape index (κ3) is 8.15. The summed E-state index contributed by atoms with van der Waals surface area (Å²) in [6.45, 7) is 21.8. The molecule has 2 aliphatic rings. The van der Waals surface area contributed by atoms with Crippen molar-refractivity contribution >= 4 is 16.6 Å². The molecule has 32 heavy (non-hydrogen) atoms. The van der Waals surface area contributed by atoms with Crippen LogP contribution in [0.15, 0.2) is 0 Å². The number of hydrogen-bond donors (Lipinski definition) is 4. The van der Waals surface area contributed by atoms with E-state index in [9.17, 15) is 20.4 Å². The normalized spacial score (nSPS) is 32.8. The van der Waals surface area contributed by atoms with Crippen molar-refractivity contribution < 1.29 is 29.3 Å². The quantitative estimate of drug-likeness (QED) is 0.429. The van der Waals surface area contributed by atoms with Crippen molar-refractivity contribution in [1.82, 2.24) is 0 Å². The molecule has 0 amide bonds. The lowest BCUT2D eigenvalue weighted by atomic mass is 9.92. The fraction of sp³-hybridized carbons (Fsp3) is 1.00. The summed E-state index contributed by atoms with van der Waals surface area (Å²) in [5.74, 6) is 0. The molecule has 0 bridgehead atoms. The minimum absolute atomic E-state index is 0.148. The zero-order valence-corrected chi connectivity index (χ0v) is 24.3. The Morgan fingerprint density at radius 2 is 0.844 bits per heavy atom. The Kier molecular flexibility index (Phi) is 10.7. The van der Waals surface area contributed by atoms with Crippen LogP contribution in [0.3, 0.4) is 0 Å². The maximum atomic E-state index is 9.91. The molecule has 0 aliphatic heterocycles. The average molecular weight is 493 g/mol. The molecule has 2 saturated carbocycles. The minimum atomic E-state index is -1.83. The predicted octanol–water partition coefficient (Wildman–Crippen LogP) is 4.57. The highest BCUT2D eigenvalue weighted by molar-refractivity contribution is 6.74. The number of rotatable bonds is 4. The van der Waals surface area contributed by atoms with Gasteiger partial charge in [0, 0.05) is 0 Å². The third-order valence-corrected chi connectivity index (χ3v) is 17.0. The van der Waals surface area contributed by atoms with Crippen LogP contribution in [-0.2, 0) is 8.85 Å². The van der Waals surface area contributed by atoms with Crippen LogP contribution >= 0.6 is 0 Å². The van der Waals surface area contributed by atoms with E-state index in [2.05, 4.69) is 67.7 Å². The second-order valence-corrected chi connectivity index (χ2v) is 22.3. The Morgan fingerprint density at radius 1 is 0.562 bits per heavy atom. The second-order valence-electron chi connectivity index (χ2n) is 12.8. The highest BCUT2D eigenvalue weighted by atomic mass is 28.4. The van der Waals surface area contributed by atoms with Gasteiger partial charge in [0.05, 0.1) is 24.4 Å². The topological polar surface area (TPSA) is 99.4 Å². The first kappa shape index (κ1) is 30.2. The summed E-state index contributed by atoms with van der Waals surface area (Å²) >= 11 is 0. The molecule has 0 saturated heterocycles. The van der Waals surface area contributed by atoms with E-state index in [0.29, 0.717) is 12.8 Å². The van der Waals surface area contributed by atoms with Crippen LogP contribution in [0, 0.1) is 0 Å². The standard InChI is InChI=1S/2C12H26O3Si/c2*1-12(2,3)16(4,5)15-10-8-6-7-9(13)11(10)14/h2*9-11,13-14H,6-8H2,1-5H3/t2*9-,10-,11-/m10/s1. The molecule has 0 aromatic rings. The van der Waals surface area contributed by atoms with E-state index in [4.69, 9.17) is 8.85 Å². The van der Waals surface area contributed by atoms with Crippen LogP contribution in [0.2, 0.25) is 36.3 Å². The molecule has 0 aromatic carbocycles. The summed E-state index contributed by atoms with van der Waals surface area (Å²) in [6, 6.07) is 0. The SMILES string of the molecule is CC(C)(C)[Si](C)(C)O[C@@H]1CCC[C@@H](O)[C@H]1O.CC(C)(C)[Si](C)(C)O[C@H]1CCC[C@H](O)[C@@H]1O. The molecular weight excluding hydrogens is 440 g/mol. The van der Waals surface area contributed by atoms with Gasteiger partial charge in [0.15, 0.2) is 16.6 Å². The van der Waals surface area contributed by atoms with Crippen molar-refractivity contribution in [2.45, 2.75) is 153 Å². The van der Waals surface area contributed by atoms with E-state index >= 15 is 0 Å². The van der Waals surface area contributed by atoms with Gasteiger partial charge < -0.3 is 29.3 Å². The van der Waals surface area contributed by atoms with Gasteiger partial charge in [0.25, 0.3) is 0 Å². The van der Waals surface area contributed by atoms with Gasteiger partial charge in [-0.15, -0.1) is 0 Å². The summed E-state index contributed by atoms with van der Waals surface area (Å²) in [4.78, 5) is 0. The first-order chi connectivity index (χ1) is 14.3. The Balaban J connectivity index is 0.000000320. The Labute approximate surface area is 199 Å². The Bertz CT molecular complexity index is 520. The number of aliphatic hydroxyl groups excluding tert-OH is 4. The van der Waals surface area contributed by atoms with Crippen LogP contribution in [-0.4, -0.2) is 73.7 Å². The molecule has 4 N–H and O–H groups in total. The minimum Gasteiger partial charge on any atom is -0.411 e.